The fraction of sp³-hybridized carbons (Fsp3) is 1.00. The molecule has 0 radical (unpaired) electrons. The highest BCUT2D eigenvalue weighted by Crippen LogP contribution is 2.07. The monoisotopic (exact) mass is 512 g/mol. The lowest BCUT2D eigenvalue weighted by molar-refractivity contribution is -0.105. The van der Waals surface area contributed by atoms with Crippen molar-refractivity contribution in [1.29, 1.82) is 0 Å². The minimum atomic E-state index is -0.415. The number of hydrogen-bond donors (Lipinski definition) is 4. The molecule has 0 aliphatic heterocycles. The van der Waals surface area contributed by atoms with E-state index in [-0.39, 0.29) is 31.8 Å². The second-order valence-electron chi connectivity index (χ2n) is 8.50. The summed E-state index contributed by atoms with van der Waals surface area (Å²) in [6.45, 7) is 9.34. The van der Waals surface area contributed by atoms with E-state index < -0.39 is 13.6 Å². The number of hydrogen-bond acceptors (Lipinski definition) is 11. The van der Waals surface area contributed by atoms with Crippen LogP contribution in [0.1, 0.15) is 52.9 Å². The largest absolute Gasteiger partial charge is 0.381 e. The van der Waals surface area contributed by atoms with Crippen molar-refractivity contribution in [3.05, 3.63) is 0 Å². The first-order valence-corrected chi connectivity index (χ1v) is 13.0. The van der Waals surface area contributed by atoms with E-state index in [2.05, 4.69) is 18.7 Å². The molecule has 0 aromatic carbocycles. The summed E-state index contributed by atoms with van der Waals surface area (Å²) >= 11 is 0. The average molecular weight is 513 g/mol. The van der Waals surface area contributed by atoms with Crippen LogP contribution in [-0.4, -0.2) is 135 Å². The molecule has 0 saturated carbocycles. The fourth-order valence-corrected chi connectivity index (χ4v) is 3.47. The van der Waals surface area contributed by atoms with E-state index in [4.69, 9.17) is 23.7 Å². The summed E-state index contributed by atoms with van der Waals surface area (Å²) < 4.78 is 27.7. The van der Waals surface area contributed by atoms with Gasteiger partial charge >= 0.3 is 0 Å². The molecule has 0 spiro atoms. The molecule has 0 saturated heterocycles. The van der Waals surface area contributed by atoms with Gasteiger partial charge in [-0.15, -0.1) is 0 Å². The Morgan fingerprint density at radius 3 is 1.46 bits per heavy atom. The minimum Gasteiger partial charge on any atom is -0.381 e. The van der Waals surface area contributed by atoms with Crippen LogP contribution in [0.4, 0.5) is 0 Å². The van der Waals surface area contributed by atoms with Gasteiger partial charge in [-0.1, -0.05) is 33.6 Å². The zero-order valence-corrected chi connectivity index (χ0v) is 22.2. The lowest BCUT2D eigenvalue weighted by Crippen LogP contribution is -2.46. The number of ether oxygens (including phenoxy) is 5. The van der Waals surface area contributed by atoms with Crippen molar-refractivity contribution < 1.29 is 44.1 Å². The fourth-order valence-electron chi connectivity index (χ4n) is 3.47. The Balaban J connectivity index is 5.04. The second-order valence-corrected chi connectivity index (χ2v) is 8.50. The van der Waals surface area contributed by atoms with Gasteiger partial charge in [0.25, 0.3) is 0 Å². The number of aliphatic hydroxyl groups excluding tert-OH is 4. The van der Waals surface area contributed by atoms with Gasteiger partial charge in [0.05, 0.1) is 38.3 Å². The molecule has 0 bridgehead atoms. The highest BCUT2D eigenvalue weighted by molar-refractivity contribution is 4.73. The molecule has 0 amide bonds. The Morgan fingerprint density at radius 1 is 0.600 bits per heavy atom. The Kier molecular flexibility index (Phi) is 24.9. The molecule has 0 fully saturated rings. The van der Waals surface area contributed by atoms with Crippen molar-refractivity contribution in [3.63, 3.8) is 0 Å². The maximum Gasteiger partial charge on any atom is 0.144 e. The summed E-state index contributed by atoms with van der Waals surface area (Å²) in [4.78, 5) is 3.94. The Labute approximate surface area is 211 Å². The van der Waals surface area contributed by atoms with Gasteiger partial charge in [0.1, 0.15) is 20.4 Å². The SMILES string of the molecule is CCCCOCC(CN(CO)CCN(CC(CC)OCO)CC(COCCCC)OCO)OCO. The molecule has 3 atom stereocenters. The average Bonchev–Trinajstić information content (AvgIpc) is 2.86. The van der Waals surface area contributed by atoms with E-state index >= 15 is 0 Å². The Bertz CT molecular complexity index is 438. The highest BCUT2D eigenvalue weighted by atomic mass is 16.6. The Morgan fingerprint density at radius 2 is 1.03 bits per heavy atom. The normalized spacial score (nSPS) is 14.7. The predicted molar refractivity (Wildman–Crippen MR) is 133 cm³/mol. The first-order valence-electron chi connectivity index (χ1n) is 13.0. The van der Waals surface area contributed by atoms with E-state index in [0.29, 0.717) is 59.2 Å². The molecule has 35 heavy (non-hydrogen) atoms. The maximum atomic E-state index is 9.92. The smallest absolute Gasteiger partial charge is 0.144 e. The van der Waals surface area contributed by atoms with Crippen molar-refractivity contribution in [2.24, 2.45) is 0 Å². The molecule has 0 aliphatic carbocycles. The van der Waals surface area contributed by atoms with Crippen LogP contribution in [0.15, 0.2) is 0 Å². The van der Waals surface area contributed by atoms with Gasteiger partial charge in [0, 0.05) is 45.9 Å². The maximum absolute atomic E-state index is 9.92. The molecule has 4 N–H and O–H groups in total. The molecule has 3 unspecified atom stereocenters. The molecule has 11 nitrogen and oxygen atoms in total. The Hall–Kier alpha value is -0.440. The van der Waals surface area contributed by atoms with Crippen molar-refractivity contribution in [1.82, 2.24) is 9.80 Å². The quantitative estimate of drug-likeness (QED) is 0.0910. The zero-order valence-electron chi connectivity index (χ0n) is 22.2. The summed E-state index contributed by atoms with van der Waals surface area (Å²) in [7, 11) is 0. The zero-order chi connectivity index (χ0) is 26.2. The van der Waals surface area contributed by atoms with Crippen LogP contribution in [-0.2, 0) is 23.7 Å². The third-order valence-electron chi connectivity index (χ3n) is 5.60. The van der Waals surface area contributed by atoms with E-state index in [1.165, 1.54) is 0 Å². The van der Waals surface area contributed by atoms with Crippen LogP contribution in [0.25, 0.3) is 0 Å². The van der Waals surface area contributed by atoms with Gasteiger partial charge < -0.3 is 44.1 Å². The second kappa shape index (κ2) is 25.2. The molecule has 0 rings (SSSR count). The van der Waals surface area contributed by atoms with Gasteiger partial charge in [-0.05, 0) is 19.3 Å². The summed E-state index contributed by atoms with van der Waals surface area (Å²) in [6.07, 6.45) is 3.85. The third-order valence-corrected chi connectivity index (χ3v) is 5.60. The molecule has 0 aliphatic rings. The highest BCUT2D eigenvalue weighted by Gasteiger charge is 2.21. The third kappa shape index (κ3) is 19.4. The minimum absolute atomic E-state index is 0.171. The van der Waals surface area contributed by atoms with Crippen LogP contribution in [0.5, 0.6) is 0 Å². The summed E-state index contributed by atoms with van der Waals surface area (Å²) in [6, 6.07) is 0. The molecule has 0 heterocycles. The van der Waals surface area contributed by atoms with Gasteiger partial charge in [-0.3, -0.25) is 9.80 Å². The summed E-state index contributed by atoms with van der Waals surface area (Å²) in [5.41, 5.74) is 0. The van der Waals surface area contributed by atoms with Crippen LogP contribution >= 0.6 is 0 Å². The topological polar surface area (TPSA) is 134 Å². The van der Waals surface area contributed by atoms with E-state index in [9.17, 15) is 20.4 Å². The lowest BCUT2D eigenvalue weighted by Gasteiger charge is -2.32. The van der Waals surface area contributed by atoms with E-state index in [1.807, 2.05) is 11.8 Å². The number of unbranched alkanes of at least 4 members (excludes halogenated alkanes) is 2. The van der Waals surface area contributed by atoms with Crippen molar-refractivity contribution in [2.75, 3.05) is 86.3 Å². The van der Waals surface area contributed by atoms with Crippen molar-refractivity contribution in [3.8, 4) is 0 Å². The molecule has 11 heteroatoms. The lowest BCUT2D eigenvalue weighted by atomic mass is 10.2. The standard InChI is InChI=1S/C24H52N2O9/c1-4-7-11-31-16-23(34-20-29)14-25(13-22(6-3)33-19-28)9-10-26(18-27)15-24(35-21-30)17-32-12-8-5-2/h22-24,27-30H,4-21H2,1-3H3. The number of nitrogens with zero attached hydrogens (tertiary/aromatic N) is 2. The first-order chi connectivity index (χ1) is 17.1. The van der Waals surface area contributed by atoms with Gasteiger partial charge in [-0.2, -0.15) is 0 Å². The van der Waals surface area contributed by atoms with E-state index in [1.54, 1.807) is 0 Å². The molecular weight excluding hydrogens is 460 g/mol. The molecule has 0 aromatic rings. The number of rotatable bonds is 27. The summed E-state index contributed by atoms with van der Waals surface area (Å²) in [5.74, 6) is 0. The predicted octanol–water partition coefficient (Wildman–Crippen LogP) is 0.589. The number of aliphatic hydroxyl groups is 4. The first kappa shape index (κ1) is 34.6. The van der Waals surface area contributed by atoms with Gasteiger partial charge in [0.2, 0.25) is 0 Å². The van der Waals surface area contributed by atoms with Crippen molar-refractivity contribution >= 4 is 0 Å². The van der Waals surface area contributed by atoms with Crippen LogP contribution in [0, 0.1) is 0 Å². The summed E-state index contributed by atoms with van der Waals surface area (Å²) in [5, 5.41) is 37.7. The van der Waals surface area contributed by atoms with Gasteiger partial charge in [-0.25, -0.2) is 0 Å². The van der Waals surface area contributed by atoms with Crippen LogP contribution in [0.3, 0.4) is 0 Å². The van der Waals surface area contributed by atoms with Crippen LogP contribution in [0.2, 0.25) is 0 Å². The van der Waals surface area contributed by atoms with Gasteiger partial charge in [0.15, 0.2) is 0 Å². The molecular formula is C24H52N2O9. The van der Waals surface area contributed by atoms with E-state index in [0.717, 1.165) is 32.1 Å². The van der Waals surface area contributed by atoms with Crippen LogP contribution < -0.4 is 0 Å². The molecule has 0 aromatic heterocycles. The molecule has 212 valence electrons. The van der Waals surface area contributed by atoms with Crippen molar-refractivity contribution in [2.45, 2.75) is 71.2 Å².